The van der Waals surface area contributed by atoms with Crippen LogP contribution in [0.4, 0.5) is 4.79 Å². The van der Waals surface area contributed by atoms with E-state index in [1.807, 2.05) is 0 Å². The van der Waals surface area contributed by atoms with Crippen molar-refractivity contribution in [2.75, 3.05) is 20.2 Å². The third kappa shape index (κ3) is 3.96. The Morgan fingerprint density at radius 1 is 1.07 bits per heavy atom. The Bertz CT molecular complexity index is 977. The average Bonchev–Trinajstić information content (AvgIpc) is 3.07. The van der Waals surface area contributed by atoms with Crippen LogP contribution < -0.4 is 9.47 Å². The normalized spacial score (nSPS) is 17.3. The van der Waals surface area contributed by atoms with Gasteiger partial charge in [-0.05, 0) is 55.2 Å². The molecule has 1 N–H and O–H groups in total. The summed E-state index contributed by atoms with van der Waals surface area (Å²) in [7, 11) is 1.51. The molecule has 1 saturated heterocycles. The third-order valence-corrected chi connectivity index (χ3v) is 6.10. The van der Waals surface area contributed by atoms with Crippen molar-refractivity contribution in [2.24, 2.45) is 0 Å². The average molecular weight is 411 g/mol. The molecule has 0 radical (unpaired) electrons. The standard InChI is InChI=1S/C22H21NO5S/c1-27-16-9-10-17(28-22(26)23-11-3-2-4-12-23)21-19(16)20(25)18(29-21)13-14-5-7-15(24)8-6-14/h5-10,13,24H,2-4,11-12H2,1H3/b18-13+. The number of phenolic OH excluding ortho intramolecular Hbond substituents is 1. The lowest BCUT2D eigenvalue weighted by Crippen LogP contribution is -2.37. The number of phenols is 1. The molecule has 0 aromatic heterocycles. The summed E-state index contributed by atoms with van der Waals surface area (Å²) in [5.74, 6) is 0.799. The van der Waals surface area contributed by atoms with Gasteiger partial charge in [0.1, 0.15) is 17.2 Å². The zero-order valence-corrected chi connectivity index (χ0v) is 16.8. The minimum atomic E-state index is -0.388. The van der Waals surface area contributed by atoms with E-state index < -0.39 is 0 Å². The largest absolute Gasteiger partial charge is 0.508 e. The second-order valence-corrected chi connectivity index (χ2v) is 7.97. The van der Waals surface area contributed by atoms with Gasteiger partial charge in [-0.15, -0.1) is 0 Å². The number of Topliss-reactive ketones (excluding diaryl/α,β-unsaturated/α-hetero) is 1. The Balaban J connectivity index is 1.64. The molecule has 1 fully saturated rings. The minimum absolute atomic E-state index is 0.161. The van der Waals surface area contributed by atoms with Crippen molar-refractivity contribution < 1.29 is 24.2 Å². The molecule has 1 amide bonds. The van der Waals surface area contributed by atoms with Crippen LogP contribution >= 0.6 is 11.8 Å². The van der Waals surface area contributed by atoms with Crippen LogP contribution in [0.3, 0.4) is 0 Å². The fourth-order valence-electron chi connectivity index (χ4n) is 3.44. The Kier molecular flexibility index (Phi) is 5.49. The van der Waals surface area contributed by atoms with E-state index in [-0.39, 0.29) is 17.6 Å². The number of ether oxygens (including phenoxy) is 2. The first-order chi connectivity index (χ1) is 14.1. The molecule has 0 spiro atoms. The smallest absolute Gasteiger partial charge is 0.415 e. The fourth-order valence-corrected chi connectivity index (χ4v) is 4.56. The van der Waals surface area contributed by atoms with Crippen molar-refractivity contribution in [2.45, 2.75) is 24.2 Å². The maximum Gasteiger partial charge on any atom is 0.415 e. The highest BCUT2D eigenvalue weighted by molar-refractivity contribution is 8.05. The van der Waals surface area contributed by atoms with Crippen LogP contribution in [0.5, 0.6) is 17.2 Å². The number of fused-ring (bicyclic) bond motifs is 1. The van der Waals surface area contributed by atoms with Crippen LogP contribution in [0.1, 0.15) is 35.2 Å². The number of nitrogens with zero attached hydrogens (tertiary/aromatic N) is 1. The topological polar surface area (TPSA) is 76.1 Å². The van der Waals surface area contributed by atoms with Crippen LogP contribution in [0.2, 0.25) is 0 Å². The van der Waals surface area contributed by atoms with Crippen molar-refractivity contribution in [1.29, 1.82) is 0 Å². The summed E-state index contributed by atoms with van der Waals surface area (Å²) in [5, 5.41) is 9.45. The van der Waals surface area contributed by atoms with Crippen molar-refractivity contribution in [3.05, 3.63) is 52.4 Å². The Labute approximate surface area is 173 Å². The first-order valence-electron chi connectivity index (χ1n) is 9.48. The summed E-state index contributed by atoms with van der Waals surface area (Å²) >= 11 is 1.26. The number of likely N-dealkylation sites (tertiary alicyclic amines) is 1. The van der Waals surface area contributed by atoms with Gasteiger partial charge in [-0.1, -0.05) is 23.9 Å². The Hall–Kier alpha value is -2.93. The number of thioether (sulfide) groups is 1. The van der Waals surface area contributed by atoms with Crippen molar-refractivity contribution in [3.63, 3.8) is 0 Å². The molecule has 0 bridgehead atoms. The van der Waals surface area contributed by atoms with Gasteiger partial charge >= 0.3 is 6.09 Å². The maximum atomic E-state index is 13.0. The van der Waals surface area contributed by atoms with E-state index in [4.69, 9.17) is 9.47 Å². The number of hydrogen-bond acceptors (Lipinski definition) is 6. The zero-order valence-electron chi connectivity index (χ0n) is 16.0. The van der Waals surface area contributed by atoms with Crippen LogP contribution in [-0.4, -0.2) is 42.1 Å². The molecule has 6 nitrogen and oxygen atoms in total. The lowest BCUT2D eigenvalue weighted by Gasteiger charge is -2.26. The molecule has 2 aliphatic heterocycles. The highest BCUT2D eigenvalue weighted by Gasteiger charge is 2.33. The molecule has 0 atom stereocenters. The summed E-state index contributed by atoms with van der Waals surface area (Å²) < 4.78 is 11.0. The second-order valence-electron chi connectivity index (χ2n) is 6.92. The summed E-state index contributed by atoms with van der Waals surface area (Å²) in [6.45, 7) is 1.38. The van der Waals surface area contributed by atoms with Crippen LogP contribution in [0.15, 0.2) is 46.2 Å². The van der Waals surface area contributed by atoms with Gasteiger partial charge in [-0.2, -0.15) is 0 Å². The molecule has 2 aromatic carbocycles. The summed E-state index contributed by atoms with van der Waals surface area (Å²) in [6, 6.07) is 9.91. The predicted octanol–water partition coefficient (Wildman–Crippen LogP) is 4.72. The Morgan fingerprint density at radius 2 is 1.76 bits per heavy atom. The molecule has 0 unspecified atom stereocenters. The summed E-state index contributed by atoms with van der Waals surface area (Å²) in [5.41, 5.74) is 1.20. The number of carbonyl (C=O) groups excluding carboxylic acids is 2. The van der Waals surface area contributed by atoms with E-state index in [9.17, 15) is 14.7 Å². The van der Waals surface area contributed by atoms with E-state index in [0.717, 1.165) is 24.8 Å². The first-order valence-corrected chi connectivity index (χ1v) is 10.3. The lowest BCUT2D eigenvalue weighted by molar-refractivity contribution is 0.103. The van der Waals surface area contributed by atoms with Crippen LogP contribution in [0.25, 0.3) is 6.08 Å². The summed E-state index contributed by atoms with van der Waals surface area (Å²) in [6.07, 6.45) is 4.44. The zero-order chi connectivity index (χ0) is 20.4. The number of hydrogen-bond donors (Lipinski definition) is 1. The van der Waals surface area contributed by atoms with Crippen LogP contribution in [-0.2, 0) is 0 Å². The van der Waals surface area contributed by atoms with Gasteiger partial charge < -0.3 is 19.5 Å². The Morgan fingerprint density at radius 3 is 2.45 bits per heavy atom. The van der Waals surface area contributed by atoms with E-state index in [0.29, 0.717) is 40.0 Å². The predicted molar refractivity (Wildman–Crippen MR) is 111 cm³/mol. The second kappa shape index (κ2) is 8.21. The quantitative estimate of drug-likeness (QED) is 0.737. The van der Waals surface area contributed by atoms with Gasteiger partial charge in [0.2, 0.25) is 5.78 Å². The molecule has 4 rings (SSSR count). The van der Waals surface area contributed by atoms with Gasteiger partial charge in [0, 0.05) is 13.1 Å². The van der Waals surface area contributed by atoms with Gasteiger partial charge in [-0.3, -0.25) is 4.79 Å². The number of carbonyl (C=O) groups is 2. The van der Waals surface area contributed by atoms with Gasteiger partial charge in [0.25, 0.3) is 0 Å². The molecule has 150 valence electrons. The fraction of sp³-hybridized carbons (Fsp3) is 0.273. The highest BCUT2D eigenvalue weighted by atomic mass is 32.2. The number of aromatic hydroxyl groups is 1. The van der Waals surface area contributed by atoms with Crippen molar-refractivity contribution >= 4 is 29.7 Å². The molecule has 29 heavy (non-hydrogen) atoms. The number of piperidine rings is 1. The molecular weight excluding hydrogens is 390 g/mol. The molecule has 0 saturated carbocycles. The molecule has 2 aliphatic rings. The number of amides is 1. The SMILES string of the molecule is COc1ccc(OC(=O)N2CCCCC2)c2c1C(=O)/C(=C\c1ccc(O)cc1)S2. The third-order valence-electron chi connectivity index (χ3n) is 4.97. The molecular formula is C22H21NO5S. The molecule has 2 aromatic rings. The van der Waals surface area contributed by atoms with E-state index in [2.05, 4.69) is 0 Å². The highest BCUT2D eigenvalue weighted by Crippen LogP contribution is 2.49. The van der Waals surface area contributed by atoms with E-state index in [1.54, 1.807) is 47.4 Å². The molecule has 0 aliphatic carbocycles. The number of ketones is 1. The minimum Gasteiger partial charge on any atom is -0.508 e. The number of benzene rings is 2. The first kappa shape index (κ1) is 19.4. The molecule has 7 heteroatoms. The van der Waals surface area contributed by atoms with E-state index >= 15 is 0 Å². The van der Waals surface area contributed by atoms with Gasteiger partial charge in [-0.25, -0.2) is 4.79 Å². The maximum absolute atomic E-state index is 13.0. The number of allylic oxidation sites excluding steroid dienone is 1. The van der Waals surface area contributed by atoms with Crippen LogP contribution in [0, 0.1) is 0 Å². The van der Waals surface area contributed by atoms with Gasteiger partial charge in [0.05, 0.1) is 22.5 Å². The van der Waals surface area contributed by atoms with E-state index in [1.165, 1.54) is 18.9 Å². The number of methoxy groups -OCH3 is 1. The summed E-state index contributed by atoms with van der Waals surface area (Å²) in [4.78, 5) is 28.4. The van der Waals surface area contributed by atoms with Crippen molar-refractivity contribution in [3.8, 4) is 17.2 Å². The molecule has 2 heterocycles. The monoisotopic (exact) mass is 411 g/mol. The number of rotatable bonds is 3. The van der Waals surface area contributed by atoms with Gasteiger partial charge in [0.15, 0.2) is 0 Å². The lowest BCUT2D eigenvalue weighted by atomic mass is 10.1. The van der Waals surface area contributed by atoms with Crippen molar-refractivity contribution in [1.82, 2.24) is 4.90 Å².